The fourth-order valence-electron chi connectivity index (χ4n) is 3.88. The molecule has 0 saturated carbocycles. The summed E-state index contributed by atoms with van der Waals surface area (Å²) in [5, 5.41) is 0.494. The second kappa shape index (κ2) is 9.96. The van der Waals surface area contributed by atoms with Crippen molar-refractivity contribution in [3.63, 3.8) is 0 Å². The zero-order chi connectivity index (χ0) is 20.8. The Hall–Kier alpha value is -2.28. The van der Waals surface area contributed by atoms with Gasteiger partial charge in [0.05, 0.1) is 23.5 Å². The molecular formula is C22H28N2O4S. The molecule has 0 aromatic heterocycles. The van der Waals surface area contributed by atoms with Crippen molar-refractivity contribution >= 4 is 29.5 Å². The molecule has 2 saturated heterocycles. The van der Waals surface area contributed by atoms with Gasteiger partial charge in [-0.2, -0.15) is 0 Å². The van der Waals surface area contributed by atoms with E-state index in [1.54, 1.807) is 13.8 Å². The van der Waals surface area contributed by atoms with Gasteiger partial charge in [-0.3, -0.25) is 14.5 Å². The molecule has 0 spiro atoms. The summed E-state index contributed by atoms with van der Waals surface area (Å²) in [7, 11) is 0. The third-order valence-corrected chi connectivity index (χ3v) is 6.42. The molecule has 3 rings (SSSR count). The molecule has 7 heteroatoms. The van der Waals surface area contributed by atoms with Crippen LogP contribution in [0, 0.1) is 5.92 Å². The minimum Gasteiger partial charge on any atom is -0.463 e. The lowest BCUT2D eigenvalue weighted by atomic mass is 9.90. The zero-order valence-corrected chi connectivity index (χ0v) is 17.8. The van der Waals surface area contributed by atoms with Crippen LogP contribution in [0.2, 0.25) is 0 Å². The molecule has 2 aliphatic heterocycles. The van der Waals surface area contributed by atoms with E-state index in [0.717, 1.165) is 19.3 Å². The summed E-state index contributed by atoms with van der Waals surface area (Å²) >= 11 is 1.27. The van der Waals surface area contributed by atoms with Gasteiger partial charge in [0.2, 0.25) is 11.8 Å². The Labute approximate surface area is 176 Å². The van der Waals surface area contributed by atoms with Crippen LogP contribution in [0.25, 0.3) is 0 Å². The van der Waals surface area contributed by atoms with Gasteiger partial charge in [-0.1, -0.05) is 42.1 Å². The molecular weight excluding hydrogens is 388 g/mol. The highest BCUT2D eigenvalue weighted by atomic mass is 32.2. The van der Waals surface area contributed by atoms with Crippen LogP contribution in [-0.2, 0) is 25.5 Å². The number of hydrogen-bond acceptors (Lipinski definition) is 5. The average molecular weight is 417 g/mol. The number of esters is 1. The van der Waals surface area contributed by atoms with Gasteiger partial charge >= 0.3 is 5.97 Å². The monoisotopic (exact) mass is 416 g/mol. The van der Waals surface area contributed by atoms with E-state index in [0.29, 0.717) is 24.0 Å². The lowest BCUT2D eigenvalue weighted by Crippen LogP contribution is -2.49. The maximum absolute atomic E-state index is 13.0. The van der Waals surface area contributed by atoms with Crippen LogP contribution in [0.4, 0.5) is 0 Å². The molecule has 156 valence electrons. The first-order chi connectivity index (χ1) is 14.0. The van der Waals surface area contributed by atoms with Crippen molar-refractivity contribution in [2.75, 3.05) is 25.4 Å². The minimum atomic E-state index is -0.621. The van der Waals surface area contributed by atoms with E-state index < -0.39 is 12.0 Å². The van der Waals surface area contributed by atoms with Gasteiger partial charge in [-0.25, -0.2) is 4.79 Å². The summed E-state index contributed by atoms with van der Waals surface area (Å²) in [6, 6.07) is 9.81. The second-order valence-electron chi connectivity index (χ2n) is 7.42. The van der Waals surface area contributed by atoms with E-state index in [1.807, 2.05) is 11.0 Å². The highest BCUT2D eigenvalue weighted by molar-refractivity contribution is 8.04. The van der Waals surface area contributed by atoms with Gasteiger partial charge in [0, 0.05) is 13.1 Å². The lowest BCUT2D eigenvalue weighted by molar-refractivity contribution is -0.142. The van der Waals surface area contributed by atoms with Crippen molar-refractivity contribution in [1.29, 1.82) is 0 Å². The summed E-state index contributed by atoms with van der Waals surface area (Å²) in [5.41, 5.74) is 1.33. The van der Waals surface area contributed by atoms with Gasteiger partial charge < -0.3 is 9.64 Å². The normalized spacial score (nSPS) is 20.2. The van der Waals surface area contributed by atoms with Gasteiger partial charge in [-0.15, -0.1) is 0 Å². The smallest absolute Gasteiger partial charge is 0.333 e. The summed E-state index contributed by atoms with van der Waals surface area (Å²) in [6.07, 6.45) is 4.27. The third kappa shape index (κ3) is 5.41. The van der Waals surface area contributed by atoms with Crippen LogP contribution in [0.15, 0.2) is 41.4 Å². The van der Waals surface area contributed by atoms with E-state index in [-0.39, 0.29) is 24.2 Å². The predicted molar refractivity (Wildman–Crippen MR) is 113 cm³/mol. The van der Waals surface area contributed by atoms with Gasteiger partial charge in [-0.05, 0) is 44.6 Å². The number of hydrogen-bond donors (Lipinski definition) is 0. The first kappa shape index (κ1) is 21.4. The molecule has 2 fully saturated rings. The Morgan fingerprint density at radius 2 is 1.93 bits per heavy atom. The number of ether oxygens (including phenoxy) is 1. The number of likely N-dealkylation sites (tertiary alicyclic amines) is 1. The Morgan fingerprint density at radius 1 is 1.24 bits per heavy atom. The first-order valence-electron chi connectivity index (χ1n) is 10.2. The minimum absolute atomic E-state index is 0.0613. The van der Waals surface area contributed by atoms with Gasteiger partial charge in [0.25, 0.3) is 0 Å². The van der Waals surface area contributed by atoms with E-state index in [1.165, 1.54) is 28.3 Å². The molecule has 0 radical (unpaired) electrons. The molecule has 29 heavy (non-hydrogen) atoms. The molecule has 1 aromatic carbocycles. The molecule has 2 amide bonds. The molecule has 1 unspecified atom stereocenters. The molecule has 1 aromatic rings. The van der Waals surface area contributed by atoms with E-state index in [9.17, 15) is 14.4 Å². The number of thioether (sulfide) groups is 1. The van der Waals surface area contributed by atoms with Crippen LogP contribution in [-0.4, -0.2) is 59.1 Å². The average Bonchev–Trinajstić information content (AvgIpc) is 3.08. The topological polar surface area (TPSA) is 66.9 Å². The Kier molecular flexibility index (Phi) is 7.36. The summed E-state index contributed by atoms with van der Waals surface area (Å²) in [5.74, 6) is 0.109. The van der Waals surface area contributed by atoms with Crippen LogP contribution in [0.1, 0.15) is 32.3 Å². The molecule has 2 aliphatic rings. The van der Waals surface area contributed by atoms with E-state index >= 15 is 0 Å². The number of amides is 2. The number of rotatable bonds is 6. The molecule has 1 atom stereocenters. The second-order valence-corrected chi connectivity index (χ2v) is 8.42. The summed E-state index contributed by atoms with van der Waals surface area (Å²) < 4.78 is 4.94. The van der Waals surface area contributed by atoms with Crippen LogP contribution in [0.3, 0.4) is 0 Å². The van der Waals surface area contributed by atoms with Crippen molar-refractivity contribution in [3.05, 3.63) is 47.0 Å². The van der Waals surface area contributed by atoms with Crippen molar-refractivity contribution in [2.24, 2.45) is 5.92 Å². The Balaban J connectivity index is 1.58. The first-order valence-corrected chi connectivity index (χ1v) is 11.1. The SMILES string of the molecule is CCOC(=O)C=C1SCC(=O)N1C(C)C(=O)N1CCC(Cc2ccccc2)CC1. The summed E-state index contributed by atoms with van der Waals surface area (Å²) in [4.78, 5) is 40.5. The van der Waals surface area contributed by atoms with E-state index in [2.05, 4.69) is 24.3 Å². The zero-order valence-electron chi connectivity index (χ0n) is 17.0. The van der Waals surface area contributed by atoms with Crippen molar-refractivity contribution < 1.29 is 19.1 Å². The molecule has 2 heterocycles. The number of nitrogens with zero attached hydrogens (tertiary/aromatic N) is 2. The summed E-state index contributed by atoms with van der Waals surface area (Å²) in [6.45, 7) is 5.14. The number of benzene rings is 1. The quantitative estimate of drug-likeness (QED) is 0.527. The molecule has 0 aliphatic carbocycles. The maximum atomic E-state index is 13.0. The van der Waals surface area contributed by atoms with Gasteiger partial charge in [0.15, 0.2) is 0 Å². The number of carbonyl (C=O) groups is 3. The molecule has 6 nitrogen and oxygen atoms in total. The molecule has 0 bridgehead atoms. The largest absolute Gasteiger partial charge is 0.463 e. The molecule has 0 N–H and O–H groups in total. The van der Waals surface area contributed by atoms with E-state index in [4.69, 9.17) is 4.74 Å². The Morgan fingerprint density at radius 3 is 2.59 bits per heavy atom. The highest BCUT2D eigenvalue weighted by Crippen LogP contribution is 2.32. The lowest BCUT2D eigenvalue weighted by Gasteiger charge is -2.35. The fourth-order valence-corrected chi connectivity index (χ4v) is 4.87. The predicted octanol–water partition coefficient (Wildman–Crippen LogP) is 2.84. The maximum Gasteiger partial charge on any atom is 0.333 e. The highest BCUT2D eigenvalue weighted by Gasteiger charge is 2.37. The van der Waals surface area contributed by atoms with Crippen molar-refractivity contribution in [2.45, 2.75) is 39.2 Å². The fraction of sp³-hybridized carbons (Fsp3) is 0.500. The van der Waals surface area contributed by atoms with Gasteiger partial charge in [0.1, 0.15) is 6.04 Å². The van der Waals surface area contributed by atoms with Crippen LogP contribution < -0.4 is 0 Å². The third-order valence-electron chi connectivity index (χ3n) is 5.42. The van der Waals surface area contributed by atoms with Crippen LogP contribution >= 0.6 is 11.8 Å². The van der Waals surface area contributed by atoms with Crippen molar-refractivity contribution in [3.8, 4) is 0 Å². The van der Waals surface area contributed by atoms with Crippen LogP contribution in [0.5, 0.6) is 0 Å². The number of carbonyl (C=O) groups excluding carboxylic acids is 3. The number of piperidine rings is 1. The standard InChI is InChI=1S/C22H28N2O4S/c1-3-28-21(26)14-20-24(19(25)15-29-20)16(2)22(27)23-11-9-18(10-12-23)13-17-7-5-4-6-8-17/h4-8,14,16,18H,3,9-13,15H2,1-2H3. The van der Waals surface area contributed by atoms with Crippen molar-refractivity contribution in [1.82, 2.24) is 9.80 Å². The Bertz CT molecular complexity index is 772.